The first-order valence-electron chi connectivity index (χ1n) is 8.65. The molecule has 1 unspecified atom stereocenters. The van der Waals surface area contributed by atoms with Gasteiger partial charge in [-0.25, -0.2) is 4.79 Å². The van der Waals surface area contributed by atoms with Gasteiger partial charge in [0.1, 0.15) is 6.54 Å². The molecular weight excluding hydrogens is 306 g/mol. The summed E-state index contributed by atoms with van der Waals surface area (Å²) in [4.78, 5) is 26.7. The van der Waals surface area contributed by atoms with Crippen molar-refractivity contribution in [3.8, 4) is 0 Å². The summed E-state index contributed by atoms with van der Waals surface area (Å²) in [6, 6.07) is 5.58. The molecule has 0 radical (unpaired) electrons. The molecule has 2 aliphatic heterocycles. The van der Waals surface area contributed by atoms with E-state index in [2.05, 4.69) is 5.32 Å². The van der Waals surface area contributed by atoms with Crippen LogP contribution < -0.4 is 11.1 Å². The smallest absolute Gasteiger partial charge is 0.408 e. The molecule has 6 heteroatoms. The fourth-order valence-electron chi connectivity index (χ4n) is 4.08. The Bertz CT molecular complexity index is 830. The lowest BCUT2D eigenvalue weighted by atomic mass is 9.80. The summed E-state index contributed by atoms with van der Waals surface area (Å²) in [5, 5.41) is 3.45. The SMILES string of the molecule is Cc1ccc2oc(=O)n(CC(=O)N3CCC4(CCCNC4)C3)c2c1. The maximum atomic E-state index is 12.7. The topological polar surface area (TPSA) is 67.5 Å². The Hall–Kier alpha value is -2.08. The third kappa shape index (κ3) is 2.65. The van der Waals surface area contributed by atoms with Crippen molar-refractivity contribution in [3.63, 3.8) is 0 Å². The van der Waals surface area contributed by atoms with Crippen molar-refractivity contribution in [1.82, 2.24) is 14.8 Å². The van der Waals surface area contributed by atoms with Gasteiger partial charge in [0.25, 0.3) is 0 Å². The van der Waals surface area contributed by atoms with E-state index in [1.807, 2.05) is 24.0 Å². The number of benzene rings is 1. The Morgan fingerprint density at radius 2 is 2.25 bits per heavy atom. The molecule has 1 spiro atoms. The first kappa shape index (κ1) is 15.4. The van der Waals surface area contributed by atoms with Gasteiger partial charge in [0.15, 0.2) is 5.58 Å². The van der Waals surface area contributed by atoms with Crippen LogP contribution in [-0.2, 0) is 11.3 Å². The highest BCUT2D eigenvalue weighted by atomic mass is 16.4. The Balaban J connectivity index is 1.54. The lowest BCUT2D eigenvalue weighted by Crippen LogP contribution is -2.43. The van der Waals surface area contributed by atoms with E-state index in [0.717, 1.165) is 38.2 Å². The van der Waals surface area contributed by atoms with E-state index in [1.54, 1.807) is 6.07 Å². The Kier molecular flexibility index (Phi) is 3.72. The van der Waals surface area contributed by atoms with Gasteiger partial charge in [0.2, 0.25) is 5.91 Å². The third-order valence-corrected chi connectivity index (χ3v) is 5.47. The summed E-state index contributed by atoms with van der Waals surface area (Å²) < 4.78 is 6.71. The van der Waals surface area contributed by atoms with Crippen LogP contribution in [0, 0.1) is 12.3 Å². The Morgan fingerprint density at radius 3 is 3.04 bits per heavy atom. The second-order valence-corrected chi connectivity index (χ2v) is 7.27. The highest BCUT2D eigenvalue weighted by molar-refractivity contribution is 5.80. The molecule has 6 nitrogen and oxygen atoms in total. The molecule has 4 rings (SSSR count). The average molecular weight is 329 g/mol. The van der Waals surface area contributed by atoms with Crippen molar-refractivity contribution in [1.29, 1.82) is 0 Å². The minimum atomic E-state index is -0.461. The number of carbonyl (C=O) groups is 1. The van der Waals surface area contributed by atoms with Crippen LogP contribution in [0.25, 0.3) is 11.1 Å². The van der Waals surface area contributed by atoms with Gasteiger partial charge in [-0.15, -0.1) is 0 Å². The molecule has 1 amide bonds. The van der Waals surface area contributed by atoms with Crippen molar-refractivity contribution < 1.29 is 9.21 Å². The molecular formula is C18H23N3O3. The van der Waals surface area contributed by atoms with E-state index in [4.69, 9.17) is 4.42 Å². The van der Waals surface area contributed by atoms with Crippen LogP contribution >= 0.6 is 0 Å². The van der Waals surface area contributed by atoms with Crippen molar-refractivity contribution in [3.05, 3.63) is 34.3 Å². The molecule has 128 valence electrons. The predicted molar refractivity (Wildman–Crippen MR) is 90.9 cm³/mol. The van der Waals surface area contributed by atoms with E-state index < -0.39 is 5.76 Å². The molecule has 1 aromatic heterocycles. The molecule has 1 atom stereocenters. The minimum Gasteiger partial charge on any atom is -0.408 e. The molecule has 2 saturated heterocycles. The molecule has 1 aromatic carbocycles. The first-order valence-corrected chi connectivity index (χ1v) is 8.65. The zero-order chi connectivity index (χ0) is 16.7. The van der Waals surface area contributed by atoms with Crippen LogP contribution in [0.3, 0.4) is 0 Å². The number of oxazole rings is 1. The molecule has 2 fully saturated rings. The number of hydrogen-bond donors (Lipinski definition) is 1. The number of amides is 1. The number of nitrogens with zero attached hydrogens (tertiary/aromatic N) is 2. The van der Waals surface area contributed by atoms with E-state index in [1.165, 1.54) is 17.4 Å². The highest BCUT2D eigenvalue weighted by Crippen LogP contribution is 2.36. The normalized spacial score (nSPS) is 24.1. The van der Waals surface area contributed by atoms with Gasteiger partial charge in [0.05, 0.1) is 5.52 Å². The third-order valence-electron chi connectivity index (χ3n) is 5.47. The number of aromatic nitrogens is 1. The van der Waals surface area contributed by atoms with Crippen molar-refractivity contribution in [2.75, 3.05) is 26.2 Å². The van der Waals surface area contributed by atoms with Crippen LogP contribution in [0.4, 0.5) is 0 Å². The first-order chi connectivity index (χ1) is 11.6. The fraction of sp³-hybridized carbons (Fsp3) is 0.556. The van der Waals surface area contributed by atoms with Crippen molar-refractivity contribution in [2.45, 2.75) is 32.7 Å². The van der Waals surface area contributed by atoms with E-state index in [0.29, 0.717) is 11.1 Å². The summed E-state index contributed by atoms with van der Waals surface area (Å²) in [5.41, 5.74) is 2.50. The van der Waals surface area contributed by atoms with E-state index in [9.17, 15) is 9.59 Å². The van der Waals surface area contributed by atoms with Gasteiger partial charge < -0.3 is 14.6 Å². The number of rotatable bonds is 2. The summed E-state index contributed by atoms with van der Waals surface area (Å²) in [6.45, 7) is 5.66. The van der Waals surface area contributed by atoms with Crippen LogP contribution in [0.5, 0.6) is 0 Å². The lowest BCUT2D eigenvalue weighted by molar-refractivity contribution is -0.131. The molecule has 0 aliphatic carbocycles. The molecule has 0 bridgehead atoms. The number of carbonyl (C=O) groups excluding carboxylic acids is 1. The van der Waals surface area contributed by atoms with Crippen LogP contribution in [-0.4, -0.2) is 41.6 Å². The summed E-state index contributed by atoms with van der Waals surface area (Å²) in [5.74, 6) is -0.457. The van der Waals surface area contributed by atoms with Crippen LogP contribution in [0.1, 0.15) is 24.8 Å². The van der Waals surface area contributed by atoms with Crippen LogP contribution in [0.15, 0.2) is 27.4 Å². The van der Waals surface area contributed by atoms with Gasteiger partial charge in [-0.1, -0.05) is 6.07 Å². The number of aryl methyl sites for hydroxylation is 1. The molecule has 1 N–H and O–H groups in total. The van der Waals surface area contributed by atoms with E-state index >= 15 is 0 Å². The molecule has 0 saturated carbocycles. The standard InChI is InChI=1S/C18H23N3O3/c1-13-3-4-15-14(9-13)21(17(23)24-15)10-16(22)20-8-6-18(12-20)5-2-7-19-11-18/h3-4,9,19H,2,5-8,10-12H2,1H3. The maximum absolute atomic E-state index is 12.7. The zero-order valence-corrected chi connectivity index (χ0v) is 14.0. The van der Waals surface area contributed by atoms with Gasteiger partial charge in [-0.2, -0.15) is 0 Å². The van der Waals surface area contributed by atoms with Crippen molar-refractivity contribution in [2.24, 2.45) is 5.41 Å². The van der Waals surface area contributed by atoms with Gasteiger partial charge >= 0.3 is 5.76 Å². The molecule has 24 heavy (non-hydrogen) atoms. The minimum absolute atomic E-state index is 0.00348. The zero-order valence-electron chi connectivity index (χ0n) is 14.0. The number of nitrogens with one attached hydrogen (secondary N) is 1. The second-order valence-electron chi connectivity index (χ2n) is 7.27. The number of piperidine rings is 1. The monoisotopic (exact) mass is 329 g/mol. The molecule has 3 heterocycles. The Morgan fingerprint density at radius 1 is 1.38 bits per heavy atom. The molecule has 2 aromatic rings. The summed E-state index contributed by atoms with van der Waals surface area (Å²) >= 11 is 0. The number of fused-ring (bicyclic) bond motifs is 1. The largest absolute Gasteiger partial charge is 0.420 e. The summed E-state index contributed by atoms with van der Waals surface area (Å²) in [7, 11) is 0. The van der Waals surface area contributed by atoms with Crippen molar-refractivity contribution >= 4 is 17.0 Å². The number of likely N-dealkylation sites (tertiary alicyclic amines) is 1. The number of hydrogen-bond acceptors (Lipinski definition) is 4. The predicted octanol–water partition coefficient (Wildman–Crippen LogP) is 1.51. The lowest BCUT2D eigenvalue weighted by Gasteiger charge is -2.33. The van der Waals surface area contributed by atoms with E-state index in [-0.39, 0.29) is 17.9 Å². The average Bonchev–Trinajstić information content (AvgIpc) is 3.11. The summed E-state index contributed by atoms with van der Waals surface area (Å²) in [6.07, 6.45) is 3.40. The molecule has 2 aliphatic rings. The second kappa shape index (κ2) is 5.77. The quantitative estimate of drug-likeness (QED) is 0.907. The van der Waals surface area contributed by atoms with Gasteiger partial charge in [-0.3, -0.25) is 9.36 Å². The van der Waals surface area contributed by atoms with Crippen LogP contribution in [0.2, 0.25) is 0 Å². The van der Waals surface area contributed by atoms with Gasteiger partial charge in [-0.05, 0) is 50.4 Å². The maximum Gasteiger partial charge on any atom is 0.420 e. The Labute approximate surface area is 140 Å². The fourth-order valence-corrected chi connectivity index (χ4v) is 4.08. The van der Waals surface area contributed by atoms with Gasteiger partial charge in [0, 0.05) is 25.0 Å². The highest BCUT2D eigenvalue weighted by Gasteiger charge is 2.40.